The molecule has 0 amide bonds. The fourth-order valence-electron chi connectivity index (χ4n) is 1.41. The van der Waals surface area contributed by atoms with Gasteiger partial charge in [0.2, 0.25) is 0 Å². The van der Waals surface area contributed by atoms with Gasteiger partial charge in [0.15, 0.2) is 5.16 Å². The van der Waals surface area contributed by atoms with E-state index in [4.69, 9.17) is 34.8 Å². The third kappa shape index (κ3) is 3.89. The molecule has 0 aliphatic heterocycles. The minimum atomic E-state index is 0.442. The quantitative estimate of drug-likeness (QED) is 0.496. The smallest absolute Gasteiger partial charge is 0.188 e. The Balaban J connectivity index is 2.10. The molecule has 100 valence electrons. The molecule has 0 aliphatic rings. The summed E-state index contributed by atoms with van der Waals surface area (Å²) < 4.78 is 0. The van der Waals surface area contributed by atoms with Crippen LogP contribution >= 0.6 is 46.6 Å². The fourth-order valence-corrected chi connectivity index (χ4v) is 2.47. The first-order valence-corrected chi connectivity index (χ1v) is 7.70. The average molecular weight is 335 g/mol. The van der Waals surface area contributed by atoms with Crippen LogP contribution in [0.1, 0.15) is 5.56 Å². The maximum atomic E-state index is 6.08. The number of hydrogen-bond acceptors (Lipinski definition) is 4. The van der Waals surface area contributed by atoms with Crippen molar-refractivity contribution in [2.45, 2.75) is 11.7 Å². The van der Waals surface area contributed by atoms with Crippen LogP contribution in [0.2, 0.25) is 15.2 Å². The van der Waals surface area contributed by atoms with E-state index in [1.807, 2.05) is 12.3 Å². The van der Waals surface area contributed by atoms with E-state index in [1.165, 1.54) is 11.8 Å². The van der Waals surface area contributed by atoms with E-state index >= 15 is 0 Å². The summed E-state index contributed by atoms with van der Waals surface area (Å²) in [6, 6.07) is 5.26. The zero-order valence-corrected chi connectivity index (χ0v) is 13.0. The molecule has 0 bridgehead atoms. The lowest BCUT2D eigenvalue weighted by Crippen LogP contribution is -2.03. The molecule has 0 saturated heterocycles. The summed E-state index contributed by atoms with van der Waals surface area (Å²) >= 11 is 19.4. The summed E-state index contributed by atoms with van der Waals surface area (Å²) in [4.78, 5) is 8.34. The Bertz CT molecular complexity index is 592. The van der Waals surface area contributed by atoms with Gasteiger partial charge in [-0.3, -0.25) is 0 Å². The first-order valence-electron chi connectivity index (χ1n) is 5.34. The van der Waals surface area contributed by atoms with Gasteiger partial charge >= 0.3 is 0 Å². The second kappa shape index (κ2) is 6.66. The maximum Gasteiger partial charge on any atom is 0.188 e. The highest BCUT2D eigenvalue weighted by Gasteiger charge is 2.06. The van der Waals surface area contributed by atoms with Gasteiger partial charge in [0.1, 0.15) is 5.15 Å². The van der Waals surface area contributed by atoms with E-state index in [2.05, 4.69) is 15.3 Å². The zero-order valence-electron chi connectivity index (χ0n) is 9.95. The lowest BCUT2D eigenvalue weighted by Gasteiger charge is -2.09. The summed E-state index contributed by atoms with van der Waals surface area (Å²) in [5.41, 5.74) is 1.60. The molecule has 0 saturated carbocycles. The second-order valence-corrected chi connectivity index (χ2v) is 5.63. The van der Waals surface area contributed by atoms with E-state index in [0.717, 1.165) is 11.3 Å². The van der Waals surface area contributed by atoms with Crippen LogP contribution in [0.15, 0.2) is 29.6 Å². The van der Waals surface area contributed by atoms with Gasteiger partial charge < -0.3 is 5.32 Å². The Labute approximate surface area is 130 Å². The average Bonchev–Trinajstić information content (AvgIpc) is 2.39. The topological polar surface area (TPSA) is 37.8 Å². The highest BCUT2D eigenvalue weighted by Crippen LogP contribution is 2.26. The Morgan fingerprint density at radius 2 is 2.05 bits per heavy atom. The van der Waals surface area contributed by atoms with Gasteiger partial charge in [-0.15, -0.1) is 0 Å². The number of anilines is 1. The van der Waals surface area contributed by atoms with Gasteiger partial charge in [0.05, 0.1) is 10.7 Å². The fraction of sp³-hybridized carbons (Fsp3) is 0.167. The molecule has 2 aromatic rings. The van der Waals surface area contributed by atoms with E-state index in [1.54, 1.807) is 18.3 Å². The Morgan fingerprint density at radius 1 is 1.26 bits per heavy atom. The molecule has 3 nitrogen and oxygen atoms in total. The van der Waals surface area contributed by atoms with Crippen LogP contribution in [-0.2, 0) is 6.54 Å². The van der Waals surface area contributed by atoms with E-state index < -0.39 is 0 Å². The number of halogens is 3. The van der Waals surface area contributed by atoms with Gasteiger partial charge in [-0.25, -0.2) is 9.97 Å². The number of benzene rings is 1. The highest BCUT2D eigenvalue weighted by atomic mass is 35.5. The molecule has 7 heteroatoms. The van der Waals surface area contributed by atoms with Gasteiger partial charge in [-0.2, -0.15) is 0 Å². The van der Waals surface area contributed by atoms with Crippen LogP contribution in [0.25, 0.3) is 0 Å². The molecular formula is C12H10Cl3N3S. The number of hydrogen-bond donors (Lipinski definition) is 1. The molecular weight excluding hydrogens is 325 g/mol. The molecule has 1 N–H and O–H groups in total. The molecule has 0 radical (unpaired) electrons. The van der Waals surface area contributed by atoms with Gasteiger partial charge in [0, 0.05) is 23.3 Å². The largest absolute Gasteiger partial charge is 0.380 e. The number of thioether (sulfide) groups is 1. The van der Waals surface area contributed by atoms with Crippen LogP contribution < -0.4 is 5.32 Å². The predicted molar refractivity (Wildman–Crippen MR) is 82.6 cm³/mol. The van der Waals surface area contributed by atoms with Gasteiger partial charge in [-0.1, -0.05) is 46.6 Å². The Morgan fingerprint density at radius 3 is 2.68 bits per heavy atom. The lowest BCUT2D eigenvalue weighted by atomic mass is 10.3. The van der Waals surface area contributed by atoms with Crippen molar-refractivity contribution >= 4 is 52.3 Å². The molecule has 0 unspecified atom stereocenters. The SMILES string of the molecule is CSc1ncc(CNc2ccc(Cl)cc2Cl)c(Cl)n1. The second-order valence-electron chi connectivity index (χ2n) is 3.65. The van der Waals surface area contributed by atoms with Crippen LogP contribution in [0.5, 0.6) is 0 Å². The molecule has 0 atom stereocenters. The normalized spacial score (nSPS) is 10.5. The molecule has 1 heterocycles. The number of nitrogens with one attached hydrogen (secondary N) is 1. The summed E-state index contributed by atoms with van der Waals surface area (Å²) in [7, 11) is 0. The predicted octanol–water partition coefficient (Wildman–Crippen LogP) is 4.77. The Hall–Kier alpha value is -0.680. The van der Waals surface area contributed by atoms with Crippen molar-refractivity contribution < 1.29 is 0 Å². The molecule has 2 rings (SSSR count). The summed E-state index contributed by atoms with van der Waals surface area (Å²) in [6.07, 6.45) is 3.61. The van der Waals surface area contributed by atoms with Gasteiger partial charge in [0.25, 0.3) is 0 Å². The standard InChI is InChI=1S/C12H10Cl3N3S/c1-19-12-17-6-7(11(15)18-12)5-16-10-3-2-8(13)4-9(10)14/h2-4,6,16H,5H2,1H3. The third-order valence-electron chi connectivity index (χ3n) is 2.37. The van der Waals surface area contributed by atoms with Crippen LogP contribution in [-0.4, -0.2) is 16.2 Å². The van der Waals surface area contributed by atoms with Crippen molar-refractivity contribution in [1.29, 1.82) is 0 Å². The number of rotatable bonds is 4. The molecule has 1 aromatic heterocycles. The van der Waals surface area contributed by atoms with Crippen molar-refractivity contribution in [3.63, 3.8) is 0 Å². The molecule has 1 aromatic carbocycles. The maximum absolute atomic E-state index is 6.08. The lowest BCUT2D eigenvalue weighted by molar-refractivity contribution is 0.931. The van der Waals surface area contributed by atoms with E-state index in [0.29, 0.717) is 26.9 Å². The number of nitrogens with zero attached hydrogens (tertiary/aromatic N) is 2. The van der Waals surface area contributed by atoms with Gasteiger partial charge in [-0.05, 0) is 24.5 Å². The van der Waals surface area contributed by atoms with Crippen LogP contribution in [0, 0.1) is 0 Å². The van der Waals surface area contributed by atoms with Crippen molar-refractivity contribution in [2.24, 2.45) is 0 Å². The van der Waals surface area contributed by atoms with Crippen molar-refractivity contribution in [2.75, 3.05) is 11.6 Å². The number of aromatic nitrogens is 2. The summed E-state index contributed by atoms with van der Waals surface area (Å²) in [6.45, 7) is 0.495. The summed E-state index contributed by atoms with van der Waals surface area (Å²) in [5, 5.41) is 5.42. The molecule has 19 heavy (non-hydrogen) atoms. The zero-order chi connectivity index (χ0) is 13.8. The van der Waals surface area contributed by atoms with E-state index in [-0.39, 0.29) is 0 Å². The molecule has 0 aliphatic carbocycles. The highest BCUT2D eigenvalue weighted by molar-refractivity contribution is 7.98. The first-order chi connectivity index (χ1) is 9.10. The Kier molecular flexibility index (Phi) is 5.16. The monoisotopic (exact) mass is 333 g/mol. The molecule has 0 fully saturated rings. The minimum Gasteiger partial charge on any atom is -0.380 e. The van der Waals surface area contributed by atoms with Crippen molar-refractivity contribution in [1.82, 2.24) is 9.97 Å². The van der Waals surface area contributed by atoms with Crippen LogP contribution in [0.4, 0.5) is 5.69 Å². The molecule has 0 spiro atoms. The summed E-state index contributed by atoms with van der Waals surface area (Å²) in [5.74, 6) is 0. The van der Waals surface area contributed by atoms with Crippen LogP contribution in [0.3, 0.4) is 0 Å². The van der Waals surface area contributed by atoms with Crippen molar-refractivity contribution in [3.05, 3.63) is 45.2 Å². The first kappa shape index (κ1) is 14.7. The van der Waals surface area contributed by atoms with E-state index in [9.17, 15) is 0 Å². The van der Waals surface area contributed by atoms with Crippen molar-refractivity contribution in [3.8, 4) is 0 Å². The third-order valence-corrected chi connectivity index (χ3v) is 3.81. The minimum absolute atomic E-state index is 0.442.